The number of rotatable bonds is 2. The second-order valence-electron chi connectivity index (χ2n) is 4.05. The summed E-state index contributed by atoms with van der Waals surface area (Å²) in [7, 11) is 0. The molecule has 20 heavy (non-hydrogen) atoms. The summed E-state index contributed by atoms with van der Waals surface area (Å²) in [4.78, 5) is 21.4. The molecule has 0 unspecified atom stereocenters. The van der Waals surface area contributed by atoms with E-state index >= 15 is 0 Å². The molecular formula is C13H7NO5S. The van der Waals surface area contributed by atoms with Crippen molar-refractivity contribution in [1.82, 2.24) is 0 Å². The molecule has 1 aromatic heterocycles. The molecule has 6 nitrogen and oxygen atoms in total. The van der Waals surface area contributed by atoms with Gasteiger partial charge >= 0.3 is 4.94 Å². The van der Waals surface area contributed by atoms with Gasteiger partial charge in [0.05, 0.1) is 15.2 Å². The molecule has 1 N–H and O–H groups in total. The molecule has 0 radical (unpaired) electrons. The number of aromatic hydroxyl groups is 1. The van der Waals surface area contributed by atoms with E-state index in [4.69, 9.17) is 4.42 Å². The van der Waals surface area contributed by atoms with Gasteiger partial charge in [0.25, 0.3) is 5.69 Å². The molecule has 7 heteroatoms. The highest BCUT2D eigenvalue weighted by Gasteiger charge is 2.19. The molecule has 0 fully saturated rings. The Bertz CT molecular complexity index is 880. The smallest absolute Gasteiger partial charge is 0.396 e. The van der Waals surface area contributed by atoms with E-state index in [-0.39, 0.29) is 17.0 Å². The molecule has 3 aromatic rings. The number of phenols is 1. The van der Waals surface area contributed by atoms with Crippen molar-refractivity contribution in [3.05, 3.63) is 56.2 Å². The van der Waals surface area contributed by atoms with Gasteiger partial charge in [-0.3, -0.25) is 10.1 Å². The summed E-state index contributed by atoms with van der Waals surface area (Å²) in [6.45, 7) is 0. The maximum Gasteiger partial charge on any atom is 0.396 e. The molecule has 0 aliphatic carbocycles. The standard InChI is InChI=1S/C13H7NO5S/c15-7-5-9(12-11(6-7)20-13(16)19-12)8-3-1-2-4-10(8)14(17)18/h1-6,15H. The van der Waals surface area contributed by atoms with Crippen molar-refractivity contribution in [2.24, 2.45) is 0 Å². The lowest BCUT2D eigenvalue weighted by Gasteiger charge is -2.04. The molecule has 1 heterocycles. The number of fused-ring (bicyclic) bond motifs is 1. The number of nitrogens with zero attached hydrogens (tertiary/aromatic N) is 1. The molecular weight excluding hydrogens is 282 g/mol. The minimum Gasteiger partial charge on any atom is -0.508 e. The van der Waals surface area contributed by atoms with Gasteiger partial charge in [0, 0.05) is 17.7 Å². The predicted molar refractivity (Wildman–Crippen MR) is 74.1 cm³/mol. The Morgan fingerprint density at radius 1 is 1.20 bits per heavy atom. The van der Waals surface area contributed by atoms with Crippen molar-refractivity contribution < 1.29 is 14.4 Å². The van der Waals surface area contributed by atoms with Gasteiger partial charge in [0.15, 0.2) is 5.58 Å². The van der Waals surface area contributed by atoms with Crippen LogP contribution in [0.5, 0.6) is 5.75 Å². The predicted octanol–water partition coefficient (Wildman–Crippen LogP) is 3.14. The largest absolute Gasteiger partial charge is 0.508 e. The molecule has 0 saturated heterocycles. The van der Waals surface area contributed by atoms with Gasteiger partial charge in [0.2, 0.25) is 0 Å². The van der Waals surface area contributed by atoms with Gasteiger partial charge in [-0.15, -0.1) is 0 Å². The van der Waals surface area contributed by atoms with Crippen LogP contribution in [0.4, 0.5) is 5.69 Å². The SMILES string of the molecule is O=c1oc2c(-c3ccccc3[N+](=O)[O-])cc(O)cc2s1. The fourth-order valence-electron chi connectivity index (χ4n) is 2.02. The molecule has 0 aliphatic heterocycles. The summed E-state index contributed by atoms with van der Waals surface area (Å²) >= 11 is 0.837. The van der Waals surface area contributed by atoms with Crippen LogP contribution in [0.2, 0.25) is 0 Å². The van der Waals surface area contributed by atoms with Crippen molar-refractivity contribution in [1.29, 1.82) is 0 Å². The lowest BCUT2D eigenvalue weighted by Crippen LogP contribution is -1.92. The zero-order valence-electron chi connectivity index (χ0n) is 9.90. The van der Waals surface area contributed by atoms with E-state index in [1.807, 2.05) is 0 Å². The van der Waals surface area contributed by atoms with Gasteiger partial charge in [0.1, 0.15) is 5.75 Å². The molecule has 0 atom stereocenters. The van der Waals surface area contributed by atoms with Crippen LogP contribution in [0.25, 0.3) is 21.4 Å². The van der Waals surface area contributed by atoms with Crippen molar-refractivity contribution >= 4 is 27.3 Å². The first-order valence-electron chi connectivity index (χ1n) is 5.57. The second-order valence-corrected chi connectivity index (χ2v) is 5.03. The number of hydrogen-bond acceptors (Lipinski definition) is 6. The van der Waals surface area contributed by atoms with Gasteiger partial charge in [-0.2, -0.15) is 0 Å². The highest BCUT2D eigenvalue weighted by atomic mass is 32.1. The van der Waals surface area contributed by atoms with E-state index in [0.717, 1.165) is 11.3 Å². The quantitative estimate of drug-likeness (QED) is 0.577. The first-order chi connectivity index (χ1) is 9.56. The third-order valence-corrected chi connectivity index (χ3v) is 3.58. The molecule has 0 bridgehead atoms. The maximum absolute atomic E-state index is 11.3. The third-order valence-electron chi connectivity index (χ3n) is 2.81. The maximum atomic E-state index is 11.3. The first-order valence-corrected chi connectivity index (χ1v) is 6.38. The Morgan fingerprint density at radius 2 is 1.95 bits per heavy atom. The molecule has 0 spiro atoms. The minimum absolute atomic E-state index is 0.0808. The summed E-state index contributed by atoms with van der Waals surface area (Å²) in [5.41, 5.74) is 0.742. The van der Waals surface area contributed by atoms with E-state index < -0.39 is 9.86 Å². The first kappa shape index (κ1) is 12.4. The van der Waals surface area contributed by atoms with Gasteiger partial charge in [-0.25, -0.2) is 4.79 Å². The Hall–Kier alpha value is -2.67. The van der Waals surface area contributed by atoms with Crippen LogP contribution in [-0.2, 0) is 0 Å². The van der Waals surface area contributed by atoms with Gasteiger partial charge in [-0.1, -0.05) is 23.5 Å². The Kier molecular flexibility index (Phi) is 2.76. The van der Waals surface area contributed by atoms with Crippen molar-refractivity contribution in [2.75, 3.05) is 0 Å². The Balaban J connectivity index is 2.40. The highest BCUT2D eigenvalue weighted by Crippen LogP contribution is 2.37. The van der Waals surface area contributed by atoms with Gasteiger partial charge < -0.3 is 9.52 Å². The summed E-state index contributed by atoms with van der Waals surface area (Å²) in [6.07, 6.45) is 0. The summed E-state index contributed by atoms with van der Waals surface area (Å²) in [5.74, 6) is -0.0808. The lowest BCUT2D eigenvalue weighted by molar-refractivity contribution is -0.384. The average molecular weight is 289 g/mol. The molecule has 100 valence electrons. The molecule has 0 saturated carbocycles. The zero-order valence-corrected chi connectivity index (χ0v) is 10.7. The zero-order chi connectivity index (χ0) is 14.3. The molecule has 0 aliphatic rings. The number of hydrogen-bond donors (Lipinski definition) is 1. The summed E-state index contributed by atoms with van der Waals surface area (Å²) in [5, 5.41) is 20.8. The number of phenolic OH excluding ortho intramolecular Hbond substituents is 1. The second kappa shape index (κ2) is 4.46. The molecule has 3 rings (SSSR count). The van der Waals surface area contributed by atoms with Crippen LogP contribution >= 0.6 is 11.3 Å². The van der Waals surface area contributed by atoms with E-state index in [1.165, 1.54) is 18.2 Å². The third kappa shape index (κ3) is 1.94. The van der Waals surface area contributed by atoms with Crippen LogP contribution in [0.15, 0.2) is 45.6 Å². The summed E-state index contributed by atoms with van der Waals surface area (Å²) in [6, 6.07) is 8.83. The van der Waals surface area contributed by atoms with Gasteiger partial charge in [-0.05, 0) is 12.1 Å². The van der Waals surface area contributed by atoms with Crippen molar-refractivity contribution in [2.45, 2.75) is 0 Å². The fourth-order valence-corrected chi connectivity index (χ4v) is 2.75. The van der Waals surface area contributed by atoms with E-state index in [0.29, 0.717) is 15.8 Å². The average Bonchev–Trinajstić information content (AvgIpc) is 2.77. The topological polar surface area (TPSA) is 93.6 Å². The monoisotopic (exact) mass is 289 g/mol. The molecule has 0 amide bonds. The van der Waals surface area contributed by atoms with Crippen LogP contribution in [0.3, 0.4) is 0 Å². The lowest BCUT2D eigenvalue weighted by atomic mass is 10.0. The van der Waals surface area contributed by atoms with Crippen molar-refractivity contribution in [3.8, 4) is 16.9 Å². The Labute approximate surface area is 115 Å². The van der Waals surface area contributed by atoms with Crippen LogP contribution in [0.1, 0.15) is 0 Å². The normalized spacial score (nSPS) is 10.8. The number of para-hydroxylation sites is 1. The highest BCUT2D eigenvalue weighted by molar-refractivity contribution is 7.16. The fraction of sp³-hybridized carbons (Fsp3) is 0. The Morgan fingerprint density at radius 3 is 2.70 bits per heavy atom. The number of nitro benzene ring substituents is 1. The van der Waals surface area contributed by atoms with Crippen LogP contribution in [-0.4, -0.2) is 10.0 Å². The van der Waals surface area contributed by atoms with E-state index in [2.05, 4.69) is 0 Å². The number of nitro groups is 1. The van der Waals surface area contributed by atoms with Crippen molar-refractivity contribution in [3.63, 3.8) is 0 Å². The van der Waals surface area contributed by atoms with E-state index in [9.17, 15) is 20.0 Å². The van der Waals surface area contributed by atoms with Crippen LogP contribution < -0.4 is 4.94 Å². The summed E-state index contributed by atoms with van der Waals surface area (Å²) < 4.78 is 5.52. The minimum atomic E-state index is -0.523. The molecule has 2 aromatic carbocycles. The van der Waals surface area contributed by atoms with Crippen LogP contribution in [0, 0.1) is 10.1 Å². The van der Waals surface area contributed by atoms with E-state index in [1.54, 1.807) is 18.2 Å². The number of benzene rings is 2.